The molecule has 8 heteroatoms. The molecule has 0 atom stereocenters. The number of halogens is 2. The molecule has 20 heavy (non-hydrogen) atoms. The average molecular weight is 337 g/mol. The van der Waals surface area contributed by atoms with E-state index in [-0.39, 0.29) is 32.5 Å². The van der Waals surface area contributed by atoms with Gasteiger partial charge in [0.25, 0.3) is 0 Å². The quantitative estimate of drug-likeness (QED) is 0.889. The van der Waals surface area contributed by atoms with Crippen LogP contribution < -0.4 is 10.5 Å². The third kappa shape index (κ3) is 3.44. The van der Waals surface area contributed by atoms with Crippen LogP contribution in [0.25, 0.3) is 0 Å². The number of hydrogen-bond acceptors (Lipinski definition) is 3. The molecule has 1 fully saturated rings. The van der Waals surface area contributed by atoms with Crippen molar-refractivity contribution in [3.05, 3.63) is 22.2 Å². The molecule has 1 aliphatic rings. The van der Waals surface area contributed by atoms with Gasteiger partial charge >= 0.3 is 0 Å². The molecular formula is C12H14Cl2N2O3S. The van der Waals surface area contributed by atoms with E-state index < -0.39 is 10.0 Å². The van der Waals surface area contributed by atoms with Gasteiger partial charge in [-0.15, -0.1) is 0 Å². The number of benzene rings is 1. The van der Waals surface area contributed by atoms with E-state index in [1.807, 2.05) is 0 Å². The lowest BCUT2D eigenvalue weighted by atomic mass is 10.1. The van der Waals surface area contributed by atoms with Crippen LogP contribution in [0.2, 0.25) is 10.0 Å². The summed E-state index contributed by atoms with van der Waals surface area (Å²) in [7, 11) is -3.89. The van der Waals surface area contributed by atoms with E-state index in [1.54, 1.807) is 0 Å². The van der Waals surface area contributed by atoms with E-state index in [2.05, 4.69) is 5.32 Å². The van der Waals surface area contributed by atoms with Crippen LogP contribution >= 0.6 is 23.2 Å². The maximum absolute atomic E-state index is 12.0. The van der Waals surface area contributed by atoms with Crippen molar-refractivity contribution >= 4 is 44.8 Å². The molecule has 1 aromatic rings. The fourth-order valence-corrected chi connectivity index (χ4v) is 3.52. The summed E-state index contributed by atoms with van der Waals surface area (Å²) in [4.78, 5) is 11.8. The first-order chi connectivity index (χ1) is 9.29. The Hall–Kier alpha value is -0.820. The molecule has 5 nitrogen and oxygen atoms in total. The molecule has 1 aliphatic carbocycles. The molecule has 0 aliphatic heterocycles. The average Bonchev–Trinajstić information content (AvgIpc) is 2.85. The van der Waals surface area contributed by atoms with E-state index in [0.29, 0.717) is 0 Å². The topological polar surface area (TPSA) is 89.3 Å². The second-order valence-corrected chi connectivity index (χ2v) is 7.15. The highest BCUT2D eigenvalue weighted by Crippen LogP contribution is 2.34. The van der Waals surface area contributed by atoms with Crippen molar-refractivity contribution < 1.29 is 13.2 Å². The van der Waals surface area contributed by atoms with Crippen LogP contribution in [0, 0.1) is 5.92 Å². The van der Waals surface area contributed by atoms with Crippen molar-refractivity contribution in [3.63, 3.8) is 0 Å². The van der Waals surface area contributed by atoms with Crippen LogP contribution in [0.4, 0.5) is 5.69 Å². The first-order valence-corrected chi connectivity index (χ1v) is 8.42. The smallest absolute Gasteiger partial charge is 0.238 e. The molecule has 0 unspecified atom stereocenters. The Bertz CT molecular complexity index is 617. The predicted molar refractivity (Wildman–Crippen MR) is 78.4 cm³/mol. The van der Waals surface area contributed by atoms with Crippen molar-refractivity contribution in [2.24, 2.45) is 11.1 Å². The van der Waals surface area contributed by atoms with Crippen molar-refractivity contribution in [3.8, 4) is 0 Å². The van der Waals surface area contributed by atoms with Gasteiger partial charge < -0.3 is 5.32 Å². The maximum atomic E-state index is 12.0. The fourth-order valence-electron chi connectivity index (χ4n) is 2.25. The normalized spacial score (nSPS) is 16.4. The minimum absolute atomic E-state index is 0.0416. The van der Waals surface area contributed by atoms with E-state index in [4.69, 9.17) is 28.3 Å². The van der Waals surface area contributed by atoms with Gasteiger partial charge in [-0.3, -0.25) is 4.79 Å². The summed E-state index contributed by atoms with van der Waals surface area (Å²) in [5.74, 6) is -0.185. The van der Waals surface area contributed by atoms with Gasteiger partial charge in [-0.2, -0.15) is 0 Å². The summed E-state index contributed by atoms with van der Waals surface area (Å²) in [6.45, 7) is 0. The number of carbonyl (C=O) groups is 1. The van der Waals surface area contributed by atoms with Gasteiger partial charge in [-0.25, -0.2) is 13.6 Å². The van der Waals surface area contributed by atoms with Crippen molar-refractivity contribution in [1.29, 1.82) is 0 Å². The monoisotopic (exact) mass is 336 g/mol. The molecule has 0 heterocycles. The van der Waals surface area contributed by atoms with Crippen LogP contribution in [0.3, 0.4) is 0 Å². The lowest BCUT2D eigenvalue weighted by Gasteiger charge is -2.14. The van der Waals surface area contributed by atoms with E-state index in [0.717, 1.165) is 25.7 Å². The van der Waals surface area contributed by atoms with Crippen molar-refractivity contribution in [2.45, 2.75) is 30.6 Å². The Kier molecular flexibility index (Phi) is 4.59. The van der Waals surface area contributed by atoms with Crippen LogP contribution in [-0.4, -0.2) is 14.3 Å². The minimum atomic E-state index is -3.89. The zero-order valence-electron chi connectivity index (χ0n) is 10.5. The number of nitrogens with two attached hydrogens (primary N) is 1. The number of sulfonamides is 1. The molecule has 0 radical (unpaired) electrons. The highest BCUT2D eigenvalue weighted by Gasteiger charge is 2.24. The minimum Gasteiger partial charge on any atom is -0.323 e. The molecule has 2 rings (SSSR count). The molecule has 1 amide bonds. The number of amides is 1. The number of primary sulfonamides is 1. The lowest BCUT2D eigenvalue weighted by molar-refractivity contribution is -0.119. The maximum Gasteiger partial charge on any atom is 0.238 e. The molecule has 0 saturated heterocycles. The third-order valence-electron chi connectivity index (χ3n) is 3.32. The first kappa shape index (κ1) is 15.6. The third-order valence-corrected chi connectivity index (χ3v) is 4.81. The van der Waals surface area contributed by atoms with Crippen molar-refractivity contribution in [1.82, 2.24) is 0 Å². The summed E-state index contributed by atoms with van der Waals surface area (Å²) in [5.41, 5.74) is 0.220. The van der Waals surface area contributed by atoms with E-state index >= 15 is 0 Å². The van der Waals surface area contributed by atoms with Crippen LogP contribution in [0.1, 0.15) is 25.7 Å². The summed E-state index contributed by atoms with van der Waals surface area (Å²) in [6, 6.07) is 2.35. The molecule has 1 aromatic carbocycles. The zero-order chi connectivity index (χ0) is 14.9. The Morgan fingerprint density at radius 1 is 1.20 bits per heavy atom. The van der Waals surface area contributed by atoms with Gasteiger partial charge in [0.2, 0.25) is 15.9 Å². The standard InChI is InChI=1S/C12H14Cl2N2O3S/c13-9-5-8(20(15,18)19)6-10(14)11(9)16-12(17)7-3-1-2-4-7/h5-7H,1-4H2,(H,16,17)(H2,15,18,19). The number of carbonyl (C=O) groups excluding carboxylic acids is 1. The number of hydrogen-bond donors (Lipinski definition) is 2. The van der Waals surface area contributed by atoms with Gasteiger partial charge in [-0.05, 0) is 25.0 Å². The molecule has 3 N–H and O–H groups in total. The Balaban J connectivity index is 2.26. The summed E-state index contributed by atoms with van der Waals surface area (Å²) < 4.78 is 22.5. The molecular weight excluding hydrogens is 323 g/mol. The second kappa shape index (κ2) is 5.89. The molecule has 110 valence electrons. The molecule has 0 aromatic heterocycles. The van der Waals surface area contributed by atoms with Crippen LogP contribution in [0.15, 0.2) is 17.0 Å². The van der Waals surface area contributed by atoms with Gasteiger partial charge in [0.1, 0.15) is 0 Å². The molecule has 0 spiro atoms. The summed E-state index contributed by atoms with van der Waals surface area (Å²) in [6.07, 6.45) is 3.75. The summed E-state index contributed by atoms with van der Waals surface area (Å²) in [5, 5.41) is 7.77. The summed E-state index contributed by atoms with van der Waals surface area (Å²) >= 11 is 11.9. The Morgan fingerprint density at radius 3 is 2.15 bits per heavy atom. The SMILES string of the molecule is NS(=O)(=O)c1cc(Cl)c(NC(=O)C2CCCC2)c(Cl)c1. The highest BCUT2D eigenvalue weighted by molar-refractivity contribution is 7.89. The van der Waals surface area contributed by atoms with Crippen molar-refractivity contribution in [2.75, 3.05) is 5.32 Å². The predicted octanol–water partition coefficient (Wildman–Crippen LogP) is 2.77. The fraction of sp³-hybridized carbons (Fsp3) is 0.417. The number of rotatable bonds is 3. The zero-order valence-corrected chi connectivity index (χ0v) is 12.9. The highest BCUT2D eigenvalue weighted by atomic mass is 35.5. The van der Waals surface area contributed by atoms with Gasteiger partial charge in [0.15, 0.2) is 0 Å². The Labute approximate surface area is 127 Å². The number of nitrogens with one attached hydrogen (secondary N) is 1. The van der Waals surface area contributed by atoms with Gasteiger partial charge in [0.05, 0.1) is 20.6 Å². The second-order valence-electron chi connectivity index (χ2n) is 4.78. The number of anilines is 1. The lowest BCUT2D eigenvalue weighted by Crippen LogP contribution is -2.21. The molecule has 0 bridgehead atoms. The van der Waals surface area contributed by atoms with E-state index in [9.17, 15) is 13.2 Å². The van der Waals surface area contributed by atoms with Gasteiger partial charge in [0, 0.05) is 5.92 Å². The largest absolute Gasteiger partial charge is 0.323 e. The van der Waals surface area contributed by atoms with E-state index in [1.165, 1.54) is 12.1 Å². The first-order valence-electron chi connectivity index (χ1n) is 6.12. The Morgan fingerprint density at radius 2 is 1.70 bits per heavy atom. The van der Waals surface area contributed by atoms with Crippen LogP contribution in [0.5, 0.6) is 0 Å². The van der Waals surface area contributed by atoms with Gasteiger partial charge in [-0.1, -0.05) is 36.0 Å². The van der Waals surface area contributed by atoms with Crippen LogP contribution in [-0.2, 0) is 14.8 Å². The molecule has 1 saturated carbocycles.